The van der Waals surface area contributed by atoms with Gasteiger partial charge in [-0.05, 0) is 30.2 Å². The third-order valence-electron chi connectivity index (χ3n) is 4.10. The number of H-pyrrole nitrogens is 1. The van der Waals surface area contributed by atoms with Crippen molar-refractivity contribution in [2.45, 2.75) is 12.6 Å². The maximum Gasteiger partial charge on any atom is 0.416 e. The lowest BCUT2D eigenvalue weighted by molar-refractivity contribution is -0.137. The molecule has 0 unspecified atom stereocenters. The number of aromatic nitrogens is 5. The quantitative estimate of drug-likeness (QED) is 0.378. The summed E-state index contributed by atoms with van der Waals surface area (Å²) in [5.74, 6) is 5.43. The van der Waals surface area contributed by atoms with E-state index in [2.05, 4.69) is 37.0 Å². The highest BCUT2D eigenvalue weighted by molar-refractivity contribution is 5.84. The fourth-order valence-electron chi connectivity index (χ4n) is 2.67. The number of nitrogens with one attached hydrogen (secondary N) is 1. The van der Waals surface area contributed by atoms with Gasteiger partial charge in [-0.15, -0.1) is 0 Å². The van der Waals surface area contributed by atoms with Gasteiger partial charge in [-0.3, -0.25) is 10.1 Å². The van der Waals surface area contributed by atoms with E-state index in [1.807, 2.05) is 0 Å². The van der Waals surface area contributed by atoms with Crippen LogP contribution in [0.5, 0.6) is 0 Å². The lowest BCUT2D eigenvalue weighted by Crippen LogP contribution is -2.04. The van der Waals surface area contributed by atoms with Gasteiger partial charge in [-0.1, -0.05) is 18.1 Å². The van der Waals surface area contributed by atoms with E-state index in [0.29, 0.717) is 5.56 Å². The molecule has 0 aliphatic rings. The van der Waals surface area contributed by atoms with E-state index < -0.39 is 23.9 Å². The molecule has 3 aromatic heterocycles. The Kier molecular flexibility index (Phi) is 4.87. The molecular weight excluding hydrogens is 405 g/mol. The second kappa shape index (κ2) is 7.51. The van der Waals surface area contributed by atoms with Crippen molar-refractivity contribution in [3.8, 4) is 23.2 Å². The molecule has 0 saturated heterocycles. The first-order chi connectivity index (χ1) is 14.3. The lowest BCUT2D eigenvalue weighted by Gasteiger charge is -2.08. The van der Waals surface area contributed by atoms with Gasteiger partial charge in [0.25, 0.3) is 6.43 Å². The first-order valence-electron chi connectivity index (χ1n) is 8.47. The zero-order valence-electron chi connectivity index (χ0n) is 14.9. The second-order valence-electron chi connectivity index (χ2n) is 6.10. The lowest BCUT2D eigenvalue weighted by atomic mass is 10.1. The normalized spacial score (nSPS) is 11.5. The van der Waals surface area contributed by atoms with E-state index in [1.165, 1.54) is 6.20 Å². The minimum absolute atomic E-state index is 0.0478. The van der Waals surface area contributed by atoms with Crippen molar-refractivity contribution < 1.29 is 22.0 Å². The van der Waals surface area contributed by atoms with Crippen LogP contribution in [-0.4, -0.2) is 25.1 Å². The monoisotopic (exact) mass is 415 g/mol. The molecular formula is C20H10F5N5. The highest BCUT2D eigenvalue weighted by Gasteiger charge is 2.30. The molecule has 150 valence electrons. The van der Waals surface area contributed by atoms with Crippen LogP contribution in [0.15, 0.2) is 48.8 Å². The van der Waals surface area contributed by atoms with Crippen molar-refractivity contribution in [1.82, 2.24) is 25.1 Å². The number of benzene rings is 1. The molecule has 4 aromatic rings. The fourth-order valence-corrected chi connectivity index (χ4v) is 2.67. The molecule has 5 nitrogen and oxygen atoms in total. The van der Waals surface area contributed by atoms with E-state index in [0.717, 1.165) is 24.3 Å². The summed E-state index contributed by atoms with van der Waals surface area (Å²) in [4.78, 5) is 12.0. The molecule has 30 heavy (non-hydrogen) atoms. The Bertz CT molecular complexity index is 1250. The van der Waals surface area contributed by atoms with E-state index in [1.54, 1.807) is 18.3 Å². The summed E-state index contributed by atoms with van der Waals surface area (Å²) < 4.78 is 65.4. The molecule has 0 fully saturated rings. The number of fused-ring (bicyclic) bond motifs is 1. The molecule has 0 bridgehead atoms. The average Bonchev–Trinajstić information content (AvgIpc) is 3.14. The summed E-state index contributed by atoms with van der Waals surface area (Å²) in [6, 6.07) is 7.33. The third kappa shape index (κ3) is 3.82. The van der Waals surface area contributed by atoms with Crippen molar-refractivity contribution >= 4 is 11.0 Å². The Morgan fingerprint density at radius 1 is 0.933 bits per heavy atom. The highest BCUT2D eigenvalue weighted by atomic mass is 19.4. The maximum absolute atomic E-state index is 13.5. The zero-order chi connectivity index (χ0) is 21.3. The van der Waals surface area contributed by atoms with Gasteiger partial charge in [-0.2, -0.15) is 18.3 Å². The van der Waals surface area contributed by atoms with Gasteiger partial charge >= 0.3 is 6.18 Å². The largest absolute Gasteiger partial charge is 0.416 e. The van der Waals surface area contributed by atoms with Crippen LogP contribution in [0, 0.1) is 11.8 Å². The van der Waals surface area contributed by atoms with Gasteiger partial charge in [0, 0.05) is 23.5 Å². The molecule has 0 aliphatic carbocycles. The number of rotatable bonds is 2. The zero-order valence-corrected chi connectivity index (χ0v) is 14.9. The fraction of sp³-hybridized carbons (Fsp3) is 0.100. The number of hydrogen-bond acceptors (Lipinski definition) is 4. The summed E-state index contributed by atoms with van der Waals surface area (Å²) in [5.41, 5.74) is -0.701. The van der Waals surface area contributed by atoms with Crippen LogP contribution in [-0.2, 0) is 6.18 Å². The van der Waals surface area contributed by atoms with E-state index in [9.17, 15) is 22.0 Å². The smallest absolute Gasteiger partial charge is 0.267 e. The van der Waals surface area contributed by atoms with Crippen LogP contribution < -0.4 is 0 Å². The summed E-state index contributed by atoms with van der Waals surface area (Å²) in [6.07, 6.45) is -4.38. The molecule has 0 amide bonds. The van der Waals surface area contributed by atoms with Gasteiger partial charge in [-0.25, -0.2) is 18.7 Å². The average molecular weight is 415 g/mol. The van der Waals surface area contributed by atoms with Gasteiger partial charge in [0.2, 0.25) is 0 Å². The minimum atomic E-state index is -4.52. The minimum Gasteiger partial charge on any atom is -0.267 e. The first kappa shape index (κ1) is 19.4. The van der Waals surface area contributed by atoms with Crippen LogP contribution in [0.25, 0.3) is 22.4 Å². The number of aromatic amines is 1. The Morgan fingerprint density at radius 3 is 2.33 bits per heavy atom. The Hall–Kier alpha value is -3.87. The van der Waals surface area contributed by atoms with Gasteiger partial charge in [0.05, 0.1) is 5.56 Å². The topological polar surface area (TPSA) is 67.3 Å². The number of alkyl halides is 5. The van der Waals surface area contributed by atoms with Crippen molar-refractivity contribution in [1.29, 1.82) is 0 Å². The first-order valence-corrected chi connectivity index (χ1v) is 8.47. The molecule has 1 aromatic carbocycles. The highest BCUT2D eigenvalue weighted by Crippen LogP contribution is 2.32. The third-order valence-corrected chi connectivity index (χ3v) is 4.10. The molecule has 0 radical (unpaired) electrons. The molecule has 0 atom stereocenters. The van der Waals surface area contributed by atoms with Gasteiger partial charge in [0.15, 0.2) is 5.82 Å². The van der Waals surface area contributed by atoms with Crippen LogP contribution in [0.2, 0.25) is 0 Å². The van der Waals surface area contributed by atoms with E-state index in [4.69, 9.17) is 0 Å². The maximum atomic E-state index is 13.5. The summed E-state index contributed by atoms with van der Waals surface area (Å²) in [7, 11) is 0. The number of hydrogen-bond donors (Lipinski definition) is 1. The van der Waals surface area contributed by atoms with Crippen LogP contribution in [0.1, 0.15) is 28.9 Å². The van der Waals surface area contributed by atoms with E-state index in [-0.39, 0.29) is 28.1 Å². The Morgan fingerprint density at radius 2 is 1.70 bits per heavy atom. The molecule has 3 heterocycles. The van der Waals surface area contributed by atoms with Crippen molar-refractivity contribution in [2.24, 2.45) is 0 Å². The SMILES string of the molecule is FC(F)c1nc(-c2ccc(C(F)(F)F)cc2)nc2c(C#Cc3cccnc3)[nH]nc12. The number of nitrogens with zero attached hydrogens (tertiary/aromatic N) is 4. The predicted octanol–water partition coefficient (Wildman–Crippen LogP) is 4.77. The van der Waals surface area contributed by atoms with Crippen molar-refractivity contribution in [3.05, 3.63) is 71.3 Å². The van der Waals surface area contributed by atoms with Gasteiger partial charge < -0.3 is 0 Å². The van der Waals surface area contributed by atoms with Crippen LogP contribution in [0.3, 0.4) is 0 Å². The van der Waals surface area contributed by atoms with Crippen LogP contribution >= 0.6 is 0 Å². The van der Waals surface area contributed by atoms with Crippen molar-refractivity contribution in [2.75, 3.05) is 0 Å². The van der Waals surface area contributed by atoms with Crippen molar-refractivity contribution in [3.63, 3.8) is 0 Å². The van der Waals surface area contributed by atoms with Gasteiger partial charge in [0.1, 0.15) is 22.4 Å². The molecule has 0 spiro atoms. The molecule has 1 N–H and O–H groups in total. The standard InChI is InChI=1S/C20H10F5N5/c21-18(22)17-16-15(14(29-30-16)8-3-11-2-1-9-26-10-11)27-19(28-17)12-4-6-13(7-5-12)20(23,24)25/h1-2,4-7,9-10,18H,(H,29,30). The molecule has 10 heteroatoms. The van der Waals surface area contributed by atoms with Crippen LogP contribution in [0.4, 0.5) is 22.0 Å². The van der Waals surface area contributed by atoms with E-state index >= 15 is 0 Å². The second-order valence-corrected chi connectivity index (χ2v) is 6.10. The Labute approximate surface area is 166 Å². The summed E-state index contributed by atoms with van der Waals surface area (Å²) in [6.45, 7) is 0. The number of pyridine rings is 1. The molecule has 4 rings (SSSR count). The summed E-state index contributed by atoms with van der Waals surface area (Å²) in [5, 5.41) is 6.39. The Balaban J connectivity index is 1.83. The number of halogens is 5. The summed E-state index contributed by atoms with van der Waals surface area (Å²) >= 11 is 0. The predicted molar refractivity (Wildman–Crippen MR) is 97.3 cm³/mol. The molecule has 0 saturated carbocycles. The molecule has 0 aliphatic heterocycles.